The summed E-state index contributed by atoms with van der Waals surface area (Å²) in [6.07, 6.45) is 22.5. The zero-order valence-corrected chi connectivity index (χ0v) is 17.4. The van der Waals surface area contributed by atoms with Crippen molar-refractivity contribution in [3.63, 3.8) is 0 Å². The second-order valence-corrected chi connectivity index (χ2v) is 7.55. The molecule has 0 spiro atoms. The van der Waals surface area contributed by atoms with Crippen LogP contribution in [0, 0.1) is 0 Å². The second kappa shape index (κ2) is 21.9. The molecule has 0 bridgehead atoms. The molecule has 3 nitrogen and oxygen atoms in total. The standard InChI is InChI=1S/C22H47NO2/c1-3-4-5-6-7-8-9-10-11-12-13-14-15-16-17-18-19-23-20-22(21-24)25-2/h22-24H,3-21H2,1-2H3. The first kappa shape index (κ1) is 24.9. The van der Waals surface area contributed by atoms with Gasteiger partial charge in [-0.25, -0.2) is 0 Å². The molecule has 1 atom stereocenters. The van der Waals surface area contributed by atoms with E-state index in [-0.39, 0.29) is 12.7 Å². The largest absolute Gasteiger partial charge is 0.394 e. The van der Waals surface area contributed by atoms with Crippen molar-refractivity contribution in [2.75, 3.05) is 26.8 Å². The summed E-state index contributed by atoms with van der Waals surface area (Å²) in [5, 5.41) is 12.4. The first-order valence-corrected chi connectivity index (χ1v) is 11.2. The van der Waals surface area contributed by atoms with E-state index >= 15 is 0 Å². The zero-order valence-electron chi connectivity index (χ0n) is 17.4. The Kier molecular flexibility index (Phi) is 21.8. The highest BCUT2D eigenvalue weighted by atomic mass is 16.5. The van der Waals surface area contributed by atoms with Gasteiger partial charge < -0.3 is 15.2 Å². The van der Waals surface area contributed by atoms with Crippen molar-refractivity contribution in [2.45, 2.75) is 116 Å². The number of hydrogen-bond acceptors (Lipinski definition) is 3. The molecule has 152 valence electrons. The number of methoxy groups -OCH3 is 1. The average Bonchev–Trinajstić information content (AvgIpc) is 2.64. The van der Waals surface area contributed by atoms with Gasteiger partial charge >= 0.3 is 0 Å². The fourth-order valence-corrected chi connectivity index (χ4v) is 3.28. The summed E-state index contributed by atoms with van der Waals surface area (Å²) in [7, 11) is 1.65. The van der Waals surface area contributed by atoms with E-state index in [9.17, 15) is 0 Å². The molecule has 0 saturated heterocycles. The van der Waals surface area contributed by atoms with Gasteiger partial charge in [-0.05, 0) is 13.0 Å². The normalized spacial score (nSPS) is 12.6. The third kappa shape index (κ3) is 20.0. The third-order valence-corrected chi connectivity index (χ3v) is 5.12. The third-order valence-electron chi connectivity index (χ3n) is 5.12. The van der Waals surface area contributed by atoms with E-state index in [1.165, 1.54) is 103 Å². The van der Waals surface area contributed by atoms with Gasteiger partial charge in [0.25, 0.3) is 0 Å². The highest BCUT2D eigenvalue weighted by Crippen LogP contribution is 2.13. The van der Waals surface area contributed by atoms with Crippen molar-refractivity contribution in [1.29, 1.82) is 0 Å². The molecule has 0 aliphatic heterocycles. The van der Waals surface area contributed by atoms with Crippen molar-refractivity contribution in [1.82, 2.24) is 5.32 Å². The summed E-state index contributed by atoms with van der Waals surface area (Å²) >= 11 is 0. The number of unbranched alkanes of at least 4 members (excludes halogenated alkanes) is 15. The molecule has 0 amide bonds. The molecule has 0 aromatic carbocycles. The van der Waals surface area contributed by atoms with Gasteiger partial charge in [0.2, 0.25) is 0 Å². The number of rotatable bonds is 21. The Balaban J connectivity index is 3.03. The van der Waals surface area contributed by atoms with Gasteiger partial charge in [-0.15, -0.1) is 0 Å². The van der Waals surface area contributed by atoms with Crippen LogP contribution in [0.25, 0.3) is 0 Å². The molecule has 3 heteroatoms. The quantitative estimate of drug-likeness (QED) is 0.253. The number of ether oxygens (including phenoxy) is 1. The molecule has 2 N–H and O–H groups in total. The van der Waals surface area contributed by atoms with Crippen LogP contribution in [0.15, 0.2) is 0 Å². The molecule has 0 aliphatic rings. The molecule has 1 unspecified atom stereocenters. The molecule has 0 rings (SSSR count). The van der Waals surface area contributed by atoms with E-state index in [0.717, 1.165) is 13.1 Å². The molecule has 0 aromatic rings. The van der Waals surface area contributed by atoms with E-state index in [4.69, 9.17) is 9.84 Å². The molecule has 0 heterocycles. The fourth-order valence-electron chi connectivity index (χ4n) is 3.28. The second-order valence-electron chi connectivity index (χ2n) is 7.55. The maximum atomic E-state index is 9.00. The highest BCUT2D eigenvalue weighted by Gasteiger charge is 2.03. The molecular formula is C22H47NO2. The molecule has 25 heavy (non-hydrogen) atoms. The van der Waals surface area contributed by atoms with E-state index < -0.39 is 0 Å². The lowest BCUT2D eigenvalue weighted by Crippen LogP contribution is -2.31. The van der Waals surface area contributed by atoms with Gasteiger partial charge in [0.05, 0.1) is 12.7 Å². The number of aliphatic hydroxyl groups excluding tert-OH is 1. The summed E-state index contributed by atoms with van der Waals surface area (Å²) in [5.41, 5.74) is 0. The molecule has 0 radical (unpaired) electrons. The van der Waals surface area contributed by atoms with E-state index in [0.29, 0.717) is 0 Å². The van der Waals surface area contributed by atoms with Crippen molar-refractivity contribution >= 4 is 0 Å². The summed E-state index contributed by atoms with van der Waals surface area (Å²) in [4.78, 5) is 0. The molecular weight excluding hydrogens is 310 g/mol. The lowest BCUT2D eigenvalue weighted by Gasteiger charge is -2.12. The Labute approximate surface area is 158 Å². The topological polar surface area (TPSA) is 41.5 Å². The lowest BCUT2D eigenvalue weighted by atomic mass is 10.0. The van der Waals surface area contributed by atoms with Crippen LogP contribution in [0.4, 0.5) is 0 Å². The first-order valence-electron chi connectivity index (χ1n) is 11.2. The Morgan fingerprint density at radius 1 is 0.680 bits per heavy atom. The van der Waals surface area contributed by atoms with Crippen LogP contribution in [0.3, 0.4) is 0 Å². The number of aliphatic hydroxyl groups is 1. The van der Waals surface area contributed by atoms with Gasteiger partial charge in [0.1, 0.15) is 0 Å². The van der Waals surface area contributed by atoms with Crippen molar-refractivity contribution in [2.24, 2.45) is 0 Å². The smallest absolute Gasteiger partial charge is 0.0925 e. The maximum Gasteiger partial charge on any atom is 0.0925 e. The monoisotopic (exact) mass is 357 g/mol. The van der Waals surface area contributed by atoms with Crippen molar-refractivity contribution in [3.8, 4) is 0 Å². The maximum absolute atomic E-state index is 9.00. The van der Waals surface area contributed by atoms with Gasteiger partial charge in [0, 0.05) is 13.7 Å². The van der Waals surface area contributed by atoms with Crippen LogP contribution >= 0.6 is 0 Å². The number of hydrogen-bond donors (Lipinski definition) is 2. The Bertz CT molecular complexity index is 232. The van der Waals surface area contributed by atoms with Gasteiger partial charge in [-0.1, -0.05) is 103 Å². The van der Waals surface area contributed by atoms with Crippen molar-refractivity contribution < 1.29 is 9.84 Å². The minimum Gasteiger partial charge on any atom is -0.394 e. The molecule has 0 fully saturated rings. The minimum absolute atomic E-state index is 0.0546. The van der Waals surface area contributed by atoms with Crippen LogP contribution in [-0.4, -0.2) is 38.0 Å². The van der Waals surface area contributed by atoms with Crippen LogP contribution in [0.2, 0.25) is 0 Å². The predicted octanol–water partition coefficient (Wildman–Crippen LogP) is 5.84. The Hall–Kier alpha value is -0.120. The molecule has 0 aromatic heterocycles. The van der Waals surface area contributed by atoms with Crippen molar-refractivity contribution in [3.05, 3.63) is 0 Å². The number of nitrogens with one attached hydrogen (secondary N) is 1. The van der Waals surface area contributed by atoms with E-state index in [1.54, 1.807) is 7.11 Å². The summed E-state index contributed by atoms with van der Waals surface area (Å²) in [5.74, 6) is 0. The SMILES string of the molecule is CCCCCCCCCCCCCCCCCCNCC(CO)OC. The first-order chi connectivity index (χ1) is 12.3. The highest BCUT2D eigenvalue weighted by molar-refractivity contribution is 4.59. The van der Waals surface area contributed by atoms with Crippen LogP contribution in [-0.2, 0) is 4.74 Å². The summed E-state index contributed by atoms with van der Waals surface area (Å²) in [6, 6.07) is 0. The lowest BCUT2D eigenvalue weighted by molar-refractivity contribution is 0.0493. The van der Waals surface area contributed by atoms with E-state index in [2.05, 4.69) is 12.2 Å². The van der Waals surface area contributed by atoms with Gasteiger partial charge in [-0.3, -0.25) is 0 Å². The summed E-state index contributed by atoms with van der Waals surface area (Å²) in [6.45, 7) is 4.18. The summed E-state index contributed by atoms with van der Waals surface area (Å²) < 4.78 is 5.12. The Morgan fingerprint density at radius 2 is 1.08 bits per heavy atom. The minimum atomic E-state index is -0.0546. The van der Waals surface area contributed by atoms with Gasteiger partial charge in [-0.2, -0.15) is 0 Å². The van der Waals surface area contributed by atoms with Crippen LogP contribution < -0.4 is 5.32 Å². The average molecular weight is 358 g/mol. The zero-order chi connectivity index (χ0) is 18.4. The van der Waals surface area contributed by atoms with Crippen LogP contribution in [0.1, 0.15) is 110 Å². The van der Waals surface area contributed by atoms with Crippen LogP contribution in [0.5, 0.6) is 0 Å². The predicted molar refractivity (Wildman–Crippen MR) is 110 cm³/mol. The Morgan fingerprint density at radius 3 is 1.44 bits per heavy atom. The fraction of sp³-hybridized carbons (Fsp3) is 1.00. The van der Waals surface area contributed by atoms with E-state index in [1.807, 2.05) is 0 Å². The van der Waals surface area contributed by atoms with Gasteiger partial charge in [0.15, 0.2) is 0 Å². The molecule has 0 saturated carbocycles. The molecule has 0 aliphatic carbocycles.